The molecule has 0 radical (unpaired) electrons. The number of rotatable bonds is 5. The predicted molar refractivity (Wildman–Crippen MR) is 51.9 cm³/mol. The summed E-state index contributed by atoms with van der Waals surface area (Å²) in [7, 11) is 0. The molecule has 0 aromatic carbocycles. The van der Waals surface area contributed by atoms with E-state index in [1.54, 1.807) is 0 Å². The first-order valence-corrected chi connectivity index (χ1v) is 5.09. The van der Waals surface area contributed by atoms with Crippen LogP contribution in [0.1, 0.15) is 26.7 Å². The fourth-order valence-electron chi connectivity index (χ4n) is 1.58. The van der Waals surface area contributed by atoms with Crippen LogP contribution >= 0.6 is 0 Å². The summed E-state index contributed by atoms with van der Waals surface area (Å²) < 4.78 is 0. The van der Waals surface area contributed by atoms with Crippen LogP contribution in [0.5, 0.6) is 0 Å². The lowest BCUT2D eigenvalue weighted by Crippen LogP contribution is -2.48. The van der Waals surface area contributed by atoms with Gasteiger partial charge in [0.15, 0.2) is 0 Å². The van der Waals surface area contributed by atoms with Gasteiger partial charge in [0, 0.05) is 19.6 Å². The van der Waals surface area contributed by atoms with E-state index in [2.05, 4.69) is 29.4 Å². The lowest BCUT2D eigenvalue weighted by atomic mass is 10.3. The zero-order valence-corrected chi connectivity index (χ0v) is 8.27. The highest BCUT2D eigenvalue weighted by Crippen LogP contribution is 1.99. The predicted octanol–water partition coefficient (Wildman–Crippen LogP) is 0.585. The Morgan fingerprint density at radius 2 is 1.92 bits per heavy atom. The van der Waals surface area contributed by atoms with Crippen molar-refractivity contribution in [3.8, 4) is 0 Å². The van der Waals surface area contributed by atoms with E-state index < -0.39 is 0 Å². The highest BCUT2D eigenvalue weighted by atomic mass is 15.4. The van der Waals surface area contributed by atoms with Gasteiger partial charge < -0.3 is 0 Å². The van der Waals surface area contributed by atoms with Crippen molar-refractivity contribution in [3.63, 3.8) is 0 Å². The molecule has 0 unspecified atom stereocenters. The zero-order chi connectivity index (χ0) is 8.81. The van der Waals surface area contributed by atoms with Crippen molar-refractivity contribution in [2.24, 2.45) is 0 Å². The van der Waals surface area contributed by atoms with Crippen molar-refractivity contribution in [2.75, 3.05) is 26.2 Å². The van der Waals surface area contributed by atoms with Gasteiger partial charge in [0.25, 0.3) is 0 Å². The lowest BCUT2D eigenvalue weighted by Gasteiger charge is -2.27. The second kappa shape index (κ2) is 5.51. The molecule has 1 aliphatic rings. The van der Waals surface area contributed by atoms with E-state index in [1.165, 1.54) is 19.4 Å². The van der Waals surface area contributed by atoms with Crippen molar-refractivity contribution in [3.05, 3.63) is 0 Å². The Morgan fingerprint density at radius 1 is 1.25 bits per heavy atom. The summed E-state index contributed by atoms with van der Waals surface area (Å²) in [6.45, 7) is 9.00. The van der Waals surface area contributed by atoms with Crippen LogP contribution in [-0.4, -0.2) is 37.4 Å². The van der Waals surface area contributed by atoms with E-state index in [4.69, 9.17) is 0 Å². The normalized spacial score (nSPS) is 19.2. The minimum atomic E-state index is 0.432. The van der Waals surface area contributed by atoms with E-state index in [-0.39, 0.29) is 0 Å². The summed E-state index contributed by atoms with van der Waals surface area (Å²) in [6.07, 6.45) is 3.01. The average molecular weight is 171 g/mol. The highest BCUT2D eigenvalue weighted by Gasteiger charge is 2.18. The Bertz CT molecular complexity index is 110. The SMILES string of the molecule is CCCCN(CC)C1NCCN1. The second-order valence-electron chi connectivity index (χ2n) is 3.29. The summed E-state index contributed by atoms with van der Waals surface area (Å²) >= 11 is 0. The smallest absolute Gasteiger partial charge is 0.114 e. The second-order valence-corrected chi connectivity index (χ2v) is 3.29. The Morgan fingerprint density at radius 3 is 2.42 bits per heavy atom. The average Bonchev–Trinajstić information content (AvgIpc) is 2.59. The summed E-state index contributed by atoms with van der Waals surface area (Å²) in [5.41, 5.74) is 0. The Kier molecular flexibility index (Phi) is 4.58. The molecule has 1 aliphatic heterocycles. The third-order valence-corrected chi connectivity index (χ3v) is 2.37. The van der Waals surface area contributed by atoms with Gasteiger partial charge in [0.1, 0.15) is 6.29 Å². The Hall–Kier alpha value is -0.120. The third-order valence-electron chi connectivity index (χ3n) is 2.37. The van der Waals surface area contributed by atoms with E-state index in [9.17, 15) is 0 Å². The summed E-state index contributed by atoms with van der Waals surface area (Å²) in [4.78, 5) is 2.45. The molecule has 0 amide bonds. The summed E-state index contributed by atoms with van der Waals surface area (Å²) in [5.74, 6) is 0. The molecule has 1 saturated heterocycles. The molecule has 72 valence electrons. The van der Waals surface area contributed by atoms with E-state index in [1.807, 2.05) is 0 Å². The lowest BCUT2D eigenvalue weighted by molar-refractivity contribution is 0.170. The van der Waals surface area contributed by atoms with Gasteiger partial charge in [-0.15, -0.1) is 0 Å². The molecule has 0 spiro atoms. The molecule has 2 N–H and O–H groups in total. The Labute approximate surface area is 75.5 Å². The van der Waals surface area contributed by atoms with E-state index >= 15 is 0 Å². The first kappa shape index (κ1) is 9.96. The molecule has 1 rings (SSSR count). The molecule has 0 aromatic rings. The summed E-state index contributed by atoms with van der Waals surface area (Å²) in [5, 5.41) is 6.86. The zero-order valence-electron chi connectivity index (χ0n) is 8.27. The number of nitrogens with one attached hydrogen (secondary N) is 2. The first-order valence-electron chi connectivity index (χ1n) is 5.09. The molecule has 0 aliphatic carbocycles. The van der Waals surface area contributed by atoms with Gasteiger partial charge in [-0.25, -0.2) is 0 Å². The van der Waals surface area contributed by atoms with Crippen LogP contribution in [0.25, 0.3) is 0 Å². The minimum Gasteiger partial charge on any atom is -0.288 e. The quantitative estimate of drug-likeness (QED) is 0.634. The van der Waals surface area contributed by atoms with Crippen molar-refractivity contribution in [1.82, 2.24) is 15.5 Å². The molecule has 0 aromatic heterocycles. The van der Waals surface area contributed by atoms with Crippen molar-refractivity contribution < 1.29 is 0 Å². The molecule has 1 fully saturated rings. The van der Waals surface area contributed by atoms with Crippen LogP contribution in [0.3, 0.4) is 0 Å². The maximum atomic E-state index is 3.43. The number of nitrogens with zero attached hydrogens (tertiary/aromatic N) is 1. The van der Waals surface area contributed by atoms with Crippen LogP contribution in [0.15, 0.2) is 0 Å². The molecule has 1 heterocycles. The fraction of sp³-hybridized carbons (Fsp3) is 1.00. The van der Waals surface area contributed by atoms with Gasteiger partial charge >= 0.3 is 0 Å². The van der Waals surface area contributed by atoms with Gasteiger partial charge in [-0.3, -0.25) is 15.5 Å². The molecule has 3 nitrogen and oxygen atoms in total. The monoisotopic (exact) mass is 171 g/mol. The molecule has 0 atom stereocenters. The number of hydrogen-bond donors (Lipinski definition) is 2. The molecule has 0 saturated carbocycles. The van der Waals surface area contributed by atoms with Crippen molar-refractivity contribution >= 4 is 0 Å². The van der Waals surface area contributed by atoms with Crippen molar-refractivity contribution in [1.29, 1.82) is 0 Å². The first-order chi connectivity index (χ1) is 5.88. The molecular formula is C9H21N3. The highest BCUT2D eigenvalue weighted by molar-refractivity contribution is 4.73. The fourth-order valence-corrected chi connectivity index (χ4v) is 1.58. The van der Waals surface area contributed by atoms with Gasteiger partial charge in [0.05, 0.1) is 0 Å². The molecule has 3 heteroatoms. The molecule has 12 heavy (non-hydrogen) atoms. The largest absolute Gasteiger partial charge is 0.288 e. The topological polar surface area (TPSA) is 27.3 Å². The Balaban J connectivity index is 2.22. The van der Waals surface area contributed by atoms with Gasteiger partial charge in [0.2, 0.25) is 0 Å². The van der Waals surface area contributed by atoms with Crippen LogP contribution in [0, 0.1) is 0 Å². The summed E-state index contributed by atoms with van der Waals surface area (Å²) in [6, 6.07) is 0. The van der Waals surface area contributed by atoms with Gasteiger partial charge in [-0.05, 0) is 13.0 Å². The number of hydrogen-bond acceptors (Lipinski definition) is 3. The number of unbranched alkanes of at least 4 members (excludes halogenated alkanes) is 1. The van der Waals surface area contributed by atoms with Crippen LogP contribution in [-0.2, 0) is 0 Å². The van der Waals surface area contributed by atoms with Crippen LogP contribution in [0.4, 0.5) is 0 Å². The van der Waals surface area contributed by atoms with Crippen LogP contribution in [0.2, 0.25) is 0 Å². The van der Waals surface area contributed by atoms with Gasteiger partial charge in [-0.1, -0.05) is 20.3 Å². The van der Waals surface area contributed by atoms with Crippen LogP contribution < -0.4 is 10.6 Å². The van der Waals surface area contributed by atoms with E-state index in [0.717, 1.165) is 19.6 Å². The van der Waals surface area contributed by atoms with E-state index in [0.29, 0.717) is 6.29 Å². The maximum absolute atomic E-state index is 3.43. The molecule has 0 bridgehead atoms. The standard InChI is InChI=1S/C9H21N3/c1-3-5-8-12(4-2)9-10-6-7-11-9/h9-11H,3-8H2,1-2H3. The minimum absolute atomic E-state index is 0.432. The third kappa shape index (κ3) is 2.73. The van der Waals surface area contributed by atoms with Crippen molar-refractivity contribution in [2.45, 2.75) is 33.0 Å². The van der Waals surface area contributed by atoms with Gasteiger partial charge in [-0.2, -0.15) is 0 Å². The maximum Gasteiger partial charge on any atom is 0.114 e. The molecular weight excluding hydrogens is 150 g/mol.